The smallest absolute Gasteiger partial charge is 0.227 e. The molecule has 2 fully saturated rings. The number of nitrogens with zero attached hydrogens (tertiary/aromatic N) is 4. The van der Waals surface area contributed by atoms with Gasteiger partial charge >= 0.3 is 0 Å². The van der Waals surface area contributed by atoms with Crippen LogP contribution in [0.15, 0.2) is 30.5 Å². The van der Waals surface area contributed by atoms with Crippen LogP contribution < -0.4 is 5.32 Å². The number of aryl methyl sites for hydroxylation is 2. The molecule has 2 aliphatic rings. The largest absolute Gasteiger partial charge is 0.340 e. The first kappa shape index (κ1) is 21.8. The van der Waals surface area contributed by atoms with Gasteiger partial charge in [0.05, 0.1) is 11.6 Å². The Bertz CT molecular complexity index is 830. The molecule has 0 radical (unpaired) electrons. The van der Waals surface area contributed by atoms with Gasteiger partial charge in [-0.3, -0.25) is 14.4 Å². The second-order valence-corrected chi connectivity index (χ2v) is 8.15. The average molecular weight is 418 g/mol. The number of piperidine rings is 1. The van der Waals surface area contributed by atoms with Gasteiger partial charge in [0.1, 0.15) is 0 Å². The van der Waals surface area contributed by atoms with Crippen molar-refractivity contribution < 1.29 is 4.79 Å². The van der Waals surface area contributed by atoms with Crippen LogP contribution in [-0.2, 0) is 18.4 Å². The number of amides is 1. The number of halogens is 1. The molecular weight excluding hydrogens is 386 g/mol. The Morgan fingerprint density at radius 3 is 2.72 bits per heavy atom. The van der Waals surface area contributed by atoms with Crippen LogP contribution >= 0.6 is 12.4 Å². The van der Waals surface area contributed by atoms with Gasteiger partial charge in [0.2, 0.25) is 5.91 Å². The Labute approximate surface area is 179 Å². The van der Waals surface area contributed by atoms with Gasteiger partial charge in [0.15, 0.2) is 0 Å². The summed E-state index contributed by atoms with van der Waals surface area (Å²) in [5.74, 6) is 0.486. The van der Waals surface area contributed by atoms with Gasteiger partial charge in [-0.05, 0) is 44.0 Å². The maximum absolute atomic E-state index is 13.0. The molecule has 4 rings (SSSR count). The number of piperazine rings is 1. The lowest BCUT2D eigenvalue weighted by Gasteiger charge is -2.36. The van der Waals surface area contributed by atoms with Crippen molar-refractivity contribution in [2.24, 2.45) is 13.0 Å². The third-order valence-electron chi connectivity index (χ3n) is 6.04. The zero-order valence-corrected chi connectivity index (χ0v) is 18.2. The number of nitrogens with one attached hydrogen (secondary N) is 1. The van der Waals surface area contributed by atoms with Crippen molar-refractivity contribution in [2.45, 2.75) is 26.3 Å². The molecule has 29 heavy (non-hydrogen) atoms. The van der Waals surface area contributed by atoms with Crippen LogP contribution in [0.4, 0.5) is 0 Å². The van der Waals surface area contributed by atoms with Crippen molar-refractivity contribution in [3.8, 4) is 11.3 Å². The first-order valence-electron chi connectivity index (χ1n) is 10.4. The Hall–Kier alpha value is -1.89. The third kappa shape index (κ3) is 5.00. The van der Waals surface area contributed by atoms with Gasteiger partial charge < -0.3 is 10.2 Å². The molecule has 1 aromatic heterocycles. The second kappa shape index (κ2) is 9.74. The minimum absolute atomic E-state index is 0. The molecule has 158 valence electrons. The van der Waals surface area contributed by atoms with Crippen LogP contribution in [0.1, 0.15) is 24.0 Å². The summed E-state index contributed by atoms with van der Waals surface area (Å²) in [6.45, 7) is 8.46. The van der Waals surface area contributed by atoms with Crippen LogP contribution in [0.25, 0.3) is 11.3 Å². The fraction of sp³-hybridized carbons (Fsp3) is 0.545. The van der Waals surface area contributed by atoms with E-state index in [1.54, 1.807) is 0 Å². The summed E-state index contributed by atoms with van der Waals surface area (Å²) in [5.41, 5.74) is 4.95. The first-order valence-corrected chi connectivity index (χ1v) is 10.4. The lowest BCUT2D eigenvalue weighted by molar-refractivity contribution is -0.138. The number of carbonyl (C=O) groups is 1. The van der Waals surface area contributed by atoms with E-state index in [0.29, 0.717) is 5.91 Å². The van der Waals surface area contributed by atoms with E-state index in [1.165, 1.54) is 16.7 Å². The van der Waals surface area contributed by atoms with Gasteiger partial charge in [0.25, 0.3) is 0 Å². The molecule has 6 nitrogen and oxygen atoms in total. The zero-order valence-electron chi connectivity index (χ0n) is 17.4. The van der Waals surface area contributed by atoms with Gasteiger partial charge in [-0.2, -0.15) is 5.10 Å². The predicted octanol–water partition coefficient (Wildman–Crippen LogP) is 2.46. The van der Waals surface area contributed by atoms with Crippen molar-refractivity contribution in [3.63, 3.8) is 0 Å². The van der Waals surface area contributed by atoms with Gasteiger partial charge in [-0.1, -0.05) is 17.7 Å². The SMILES string of the molecule is Cc1ccc(CN2CCCC(C(=O)N3CCNCC3)C2)c(-c2ccnn2C)c1.Cl. The molecule has 1 amide bonds. The van der Waals surface area contributed by atoms with E-state index in [1.807, 2.05) is 17.9 Å². The van der Waals surface area contributed by atoms with Crippen molar-refractivity contribution in [2.75, 3.05) is 39.3 Å². The minimum Gasteiger partial charge on any atom is -0.340 e. The number of aromatic nitrogens is 2. The highest BCUT2D eigenvalue weighted by atomic mass is 35.5. The van der Waals surface area contributed by atoms with E-state index in [-0.39, 0.29) is 18.3 Å². The topological polar surface area (TPSA) is 53.4 Å². The van der Waals surface area contributed by atoms with Crippen LogP contribution in [0.5, 0.6) is 0 Å². The fourth-order valence-corrected chi connectivity index (χ4v) is 4.49. The summed E-state index contributed by atoms with van der Waals surface area (Å²) >= 11 is 0. The molecule has 0 aliphatic carbocycles. The van der Waals surface area contributed by atoms with E-state index in [2.05, 4.69) is 51.4 Å². The fourth-order valence-electron chi connectivity index (χ4n) is 4.49. The number of hydrogen-bond donors (Lipinski definition) is 1. The minimum atomic E-state index is 0. The van der Waals surface area contributed by atoms with Crippen LogP contribution in [0, 0.1) is 12.8 Å². The van der Waals surface area contributed by atoms with Crippen molar-refractivity contribution in [1.82, 2.24) is 24.9 Å². The Morgan fingerprint density at radius 1 is 1.21 bits per heavy atom. The van der Waals surface area contributed by atoms with E-state index in [9.17, 15) is 4.79 Å². The van der Waals surface area contributed by atoms with Crippen molar-refractivity contribution >= 4 is 18.3 Å². The van der Waals surface area contributed by atoms with Crippen LogP contribution in [0.3, 0.4) is 0 Å². The quantitative estimate of drug-likeness (QED) is 0.830. The molecule has 2 saturated heterocycles. The van der Waals surface area contributed by atoms with E-state index >= 15 is 0 Å². The molecule has 0 saturated carbocycles. The molecular formula is C22H32ClN5O. The molecule has 1 N–H and O–H groups in total. The van der Waals surface area contributed by atoms with Crippen LogP contribution in [-0.4, -0.2) is 64.8 Å². The first-order chi connectivity index (χ1) is 13.6. The molecule has 1 unspecified atom stereocenters. The lowest BCUT2D eigenvalue weighted by atomic mass is 9.94. The van der Waals surface area contributed by atoms with Gasteiger partial charge in [-0.25, -0.2) is 0 Å². The van der Waals surface area contributed by atoms with Crippen molar-refractivity contribution in [3.05, 3.63) is 41.6 Å². The van der Waals surface area contributed by atoms with E-state index in [0.717, 1.165) is 64.3 Å². The molecule has 7 heteroatoms. The summed E-state index contributed by atoms with van der Waals surface area (Å²) in [5, 5.41) is 7.68. The molecule has 2 aromatic rings. The third-order valence-corrected chi connectivity index (χ3v) is 6.04. The molecule has 1 aromatic carbocycles. The molecule has 0 bridgehead atoms. The standard InChI is InChI=1S/C22H31N5O.ClH/c1-17-5-6-18(20(14-17)21-7-8-24-25(21)2)15-26-11-3-4-19(16-26)22(28)27-12-9-23-10-13-27;/h5-8,14,19,23H,3-4,9-13,15-16H2,1-2H3;1H. The van der Waals surface area contributed by atoms with Crippen LogP contribution in [0.2, 0.25) is 0 Å². The highest BCUT2D eigenvalue weighted by Gasteiger charge is 2.30. The molecule has 1 atom stereocenters. The average Bonchev–Trinajstić information content (AvgIpc) is 3.15. The van der Waals surface area contributed by atoms with E-state index in [4.69, 9.17) is 0 Å². The van der Waals surface area contributed by atoms with E-state index < -0.39 is 0 Å². The number of carbonyl (C=O) groups excluding carboxylic acids is 1. The molecule has 0 spiro atoms. The normalized spacial score (nSPS) is 20.3. The Balaban J connectivity index is 0.00000240. The highest BCUT2D eigenvalue weighted by molar-refractivity contribution is 5.85. The number of rotatable bonds is 4. The van der Waals surface area contributed by atoms with Gasteiger partial charge in [-0.15, -0.1) is 12.4 Å². The maximum atomic E-state index is 13.0. The second-order valence-electron chi connectivity index (χ2n) is 8.15. The van der Waals surface area contributed by atoms with Gasteiger partial charge in [0, 0.05) is 58.1 Å². The summed E-state index contributed by atoms with van der Waals surface area (Å²) in [6.07, 6.45) is 3.96. The lowest BCUT2D eigenvalue weighted by Crippen LogP contribution is -2.51. The summed E-state index contributed by atoms with van der Waals surface area (Å²) < 4.78 is 1.94. The maximum Gasteiger partial charge on any atom is 0.227 e. The Morgan fingerprint density at radius 2 is 2.00 bits per heavy atom. The zero-order chi connectivity index (χ0) is 19.5. The molecule has 2 aliphatic heterocycles. The summed E-state index contributed by atoms with van der Waals surface area (Å²) in [7, 11) is 1.99. The molecule has 3 heterocycles. The summed E-state index contributed by atoms with van der Waals surface area (Å²) in [6, 6.07) is 8.74. The van der Waals surface area contributed by atoms with Crippen molar-refractivity contribution in [1.29, 1.82) is 0 Å². The highest BCUT2D eigenvalue weighted by Crippen LogP contribution is 2.28. The number of benzene rings is 1. The number of likely N-dealkylation sites (tertiary alicyclic amines) is 1. The monoisotopic (exact) mass is 417 g/mol. The number of hydrogen-bond acceptors (Lipinski definition) is 4. The predicted molar refractivity (Wildman–Crippen MR) is 118 cm³/mol. The Kier molecular flexibility index (Phi) is 7.33. The summed E-state index contributed by atoms with van der Waals surface area (Å²) in [4.78, 5) is 17.5.